The van der Waals surface area contributed by atoms with Crippen molar-refractivity contribution in [2.75, 3.05) is 4.90 Å². The molecule has 0 radical (unpaired) electrons. The zero-order chi connectivity index (χ0) is 38.4. The molecule has 1 heterocycles. The van der Waals surface area contributed by atoms with Gasteiger partial charge in [0, 0.05) is 33.2 Å². The number of hydrogen-bond donors (Lipinski definition) is 0. The summed E-state index contributed by atoms with van der Waals surface area (Å²) < 4.78 is 6.69. The SMILES string of the molecule is C1=C(c2ccc3ccccc3c2)CCC(N(c2cc(-c3cccc4ccccc34)ccc2-c2ccccc2)c2ccccc2-c2cccc3c2oc2ccccc23)=C1. The van der Waals surface area contributed by atoms with E-state index in [9.17, 15) is 0 Å². The van der Waals surface area contributed by atoms with Crippen molar-refractivity contribution < 1.29 is 4.42 Å². The van der Waals surface area contributed by atoms with Crippen molar-refractivity contribution >= 4 is 60.4 Å². The maximum Gasteiger partial charge on any atom is 0.143 e. The average Bonchev–Trinajstić information content (AvgIpc) is 3.69. The molecule has 58 heavy (non-hydrogen) atoms. The smallest absolute Gasteiger partial charge is 0.143 e. The van der Waals surface area contributed by atoms with Crippen LogP contribution in [0.3, 0.4) is 0 Å². The summed E-state index contributed by atoms with van der Waals surface area (Å²) in [5, 5.41) is 7.26. The molecule has 9 aromatic carbocycles. The summed E-state index contributed by atoms with van der Waals surface area (Å²) in [5.74, 6) is 0. The zero-order valence-corrected chi connectivity index (χ0v) is 32.0. The quantitative estimate of drug-likeness (QED) is 0.162. The third-order valence-corrected chi connectivity index (χ3v) is 11.8. The van der Waals surface area contributed by atoms with E-state index >= 15 is 0 Å². The Hall–Kier alpha value is -7.42. The molecule has 274 valence electrons. The molecule has 0 bridgehead atoms. The third kappa shape index (κ3) is 5.90. The Morgan fingerprint density at radius 2 is 1.03 bits per heavy atom. The molecule has 1 aromatic heterocycles. The fourth-order valence-electron chi connectivity index (χ4n) is 8.96. The molecule has 0 aliphatic heterocycles. The fourth-order valence-corrected chi connectivity index (χ4v) is 8.96. The molecule has 0 amide bonds. The Morgan fingerprint density at radius 3 is 1.91 bits per heavy atom. The van der Waals surface area contributed by atoms with Gasteiger partial charge in [-0.05, 0) is 92.6 Å². The van der Waals surface area contributed by atoms with Crippen LogP contribution in [-0.2, 0) is 0 Å². The van der Waals surface area contributed by atoms with Crippen LogP contribution in [0.25, 0.3) is 82.4 Å². The van der Waals surface area contributed by atoms with E-state index in [-0.39, 0.29) is 0 Å². The minimum absolute atomic E-state index is 0.870. The van der Waals surface area contributed by atoms with Crippen LogP contribution in [-0.4, -0.2) is 0 Å². The standard InChI is InChI=1S/C56H39NO/c1-2-15-41(16-3-1)48-35-32-44(47-23-12-19-40-17-6-7-20-46(40)47)37-54(48)57(45-33-30-39(31-34-45)43-29-28-38-14-4-5-18-42(38)36-43)53-26-10-8-21-49(53)51-24-13-25-52-50-22-9-11-27-55(50)58-56(51)52/h1-30,32-33,35-37H,31,34H2. The largest absolute Gasteiger partial charge is 0.455 e. The van der Waals surface area contributed by atoms with Crippen molar-refractivity contribution in [2.45, 2.75) is 12.8 Å². The molecule has 0 unspecified atom stereocenters. The Bertz CT molecular complexity index is 3230. The highest BCUT2D eigenvalue weighted by molar-refractivity contribution is 6.11. The van der Waals surface area contributed by atoms with Crippen LogP contribution in [0, 0.1) is 0 Å². The molecular formula is C56H39NO. The Kier molecular flexibility index (Phi) is 8.33. The summed E-state index contributed by atoms with van der Waals surface area (Å²) in [6.45, 7) is 0. The lowest BCUT2D eigenvalue weighted by Gasteiger charge is -2.33. The summed E-state index contributed by atoms with van der Waals surface area (Å²) in [7, 11) is 0. The number of furan rings is 1. The van der Waals surface area contributed by atoms with Crippen LogP contribution in [0.4, 0.5) is 11.4 Å². The lowest BCUT2D eigenvalue weighted by atomic mass is 9.91. The second-order valence-corrected chi connectivity index (χ2v) is 15.2. The lowest BCUT2D eigenvalue weighted by molar-refractivity contribution is 0.670. The van der Waals surface area contributed by atoms with Gasteiger partial charge in [-0.2, -0.15) is 0 Å². The summed E-state index contributed by atoms with van der Waals surface area (Å²) in [4.78, 5) is 2.53. The van der Waals surface area contributed by atoms with Gasteiger partial charge in [0.15, 0.2) is 0 Å². The van der Waals surface area contributed by atoms with Gasteiger partial charge >= 0.3 is 0 Å². The number of nitrogens with zero attached hydrogens (tertiary/aromatic N) is 1. The molecule has 2 heteroatoms. The second kappa shape index (κ2) is 14.3. The van der Waals surface area contributed by atoms with Crippen molar-refractivity contribution in [3.63, 3.8) is 0 Å². The van der Waals surface area contributed by atoms with Crippen LogP contribution in [0.15, 0.2) is 222 Å². The fraction of sp³-hybridized carbons (Fsp3) is 0.0357. The van der Waals surface area contributed by atoms with Crippen LogP contribution in [0.5, 0.6) is 0 Å². The molecule has 10 aromatic rings. The summed E-state index contributed by atoms with van der Waals surface area (Å²) in [6, 6.07) is 72.4. The molecule has 1 aliphatic carbocycles. The zero-order valence-electron chi connectivity index (χ0n) is 32.0. The van der Waals surface area contributed by atoms with E-state index < -0.39 is 0 Å². The van der Waals surface area contributed by atoms with Gasteiger partial charge < -0.3 is 9.32 Å². The maximum atomic E-state index is 6.69. The van der Waals surface area contributed by atoms with Crippen LogP contribution >= 0.6 is 0 Å². The van der Waals surface area contributed by atoms with E-state index in [0.717, 1.165) is 57.3 Å². The van der Waals surface area contributed by atoms with E-state index in [1.807, 2.05) is 6.07 Å². The lowest BCUT2D eigenvalue weighted by Crippen LogP contribution is -2.19. The predicted molar refractivity (Wildman–Crippen MR) is 245 cm³/mol. The maximum absolute atomic E-state index is 6.69. The Balaban J connectivity index is 1.16. The van der Waals surface area contributed by atoms with Gasteiger partial charge in [0.25, 0.3) is 0 Å². The number of para-hydroxylation sites is 3. The van der Waals surface area contributed by atoms with Gasteiger partial charge in [0.05, 0.1) is 11.4 Å². The van der Waals surface area contributed by atoms with Gasteiger partial charge in [-0.15, -0.1) is 0 Å². The average molecular weight is 742 g/mol. The number of rotatable bonds is 7. The van der Waals surface area contributed by atoms with Gasteiger partial charge in [0.1, 0.15) is 11.2 Å². The van der Waals surface area contributed by atoms with Crippen LogP contribution in [0.2, 0.25) is 0 Å². The van der Waals surface area contributed by atoms with E-state index in [4.69, 9.17) is 4.42 Å². The minimum Gasteiger partial charge on any atom is -0.455 e. The van der Waals surface area contributed by atoms with Gasteiger partial charge in [-0.3, -0.25) is 0 Å². The molecule has 0 saturated heterocycles. The van der Waals surface area contributed by atoms with E-state index in [0.29, 0.717) is 0 Å². The molecule has 0 atom stereocenters. The summed E-state index contributed by atoms with van der Waals surface area (Å²) in [6.07, 6.45) is 6.49. The number of fused-ring (bicyclic) bond motifs is 5. The highest BCUT2D eigenvalue weighted by atomic mass is 16.3. The van der Waals surface area contributed by atoms with Crippen molar-refractivity contribution in [3.05, 3.63) is 224 Å². The van der Waals surface area contributed by atoms with Crippen molar-refractivity contribution in [1.29, 1.82) is 0 Å². The minimum atomic E-state index is 0.870. The van der Waals surface area contributed by atoms with E-state index in [2.05, 4.69) is 211 Å². The molecule has 1 aliphatic rings. The first-order chi connectivity index (χ1) is 28.8. The second-order valence-electron chi connectivity index (χ2n) is 15.2. The number of anilines is 2. The van der Waals surface area contributed by atoms with E-state index in [1.165, 1.54) is 60.6 Å². The first-order valence-electron chi connectivity index (χ1n) is 20.1. The third-order valence-electron chi connectivity index (χ3n) is 11.8. The van der Waals surface area contributed by atoms with Crippen molar-refractivity contribution in [1.82, 2.24) is 0 Å². The molecule has 0 N–H and O–H groups in total. The predicted octanol–water partition coefficient (Wildman–Crippen LogP) is 15.8. The highest BCUT2D eigenvalue weighted by Gasteiger charge is 2.26. The van der Waals surface area contributed by atoms with Crippen molar-refractivity contribution in [2.24, 2.45) is 0 Å². The molecule has 0 saturated carbocycles. The van der Waals surface area contributed by atoms with Gasteiger partial charge in [-0.25, -0.2) is 0 Å². The number of benzene rings is 9. The molecular weight excluding hydrogens is 703 g/mol. The summed E-state index contributed by atoms with van der Waals surface area (Å²) >= 11 is 0. The summed E-state index contributed by atoms with van der Waals surface area (Å²) in [5.41, 5.74) is 14.8. The molecule has 11 rings (SSSR count). The molecule has 0 spiro atoms. The van der Waals surface area contributed by atoms with E-state index in [1.54, 1.807) is 0 Å². The van der Waals surface area contributed by atoms with Gasteiger partial charge in [-0.1, -0.05) is 182 Å². The monoisotopic (exact) mass is 741 g/mol. The number of allylic oxidation sites excluding steroid dienone is 4. The highest BCUT2D eigenvalue weighted by Crippen LogP contribution is 2.48. The van der Waals surface area contributed by atoms with Gasteiger partial charge in [0.2, 0.25) is 0 Å². The molecule has 0 fully saturated rings. The first kappa shape index (κ1) is 33.9. The Morgan fingerprint density at radius 1 is 0.362 bits per heavy atom. The number of hydrogen-bond acceptors (Lipinski definition) is 2. The van der Waals surface area contributed by atoms with Crippen LogP contribution < -0.4 is 4.90 Å². The molecule has 2 nitrogen and oxygen atoms in total. The normalized spacial score (nSPS) is 12.9. The van der Waals surface area contributed by atoms with Crippen LogP contribution in [0.1, 0.15) is 18.4 Å². The Labute approximate surface area is 338 Å². The van der Waals surface area contributed by atoms with Crippen molar-refractivity contribution in [3.8, 4) is 33.4 Å². The topological polar surface area (TPSA) is 16.4 Å². The first-order valence-corrected chi connectivity index (χ1v) is 20.1.